The van der Waals surface area contributed by atoms with E-state index in [1.165, 1.54) is 0 Å². The van der Waals surface area contributed by atoms with Gasteiger partial charge in [-0.3, -0.25) is 0 Å². The smallest absolute Gasteiger partial charge is 0.408 e. The SMILES string of the molecule is CC1(C)O[C@H]2[C@@H]3OB([C]4[CH][CH][CH][CH]4)OC[C@@H]3O[C@@]2(COCc2ccccc2)O1. The van der Waals surface area contributed by atoms with Crippen LogP contribution in [0.3, 0.4) is 0 Å². The third-order valence-corrected chi connectivity index (χ3v) is 5.35. The van der Waals surface area contributed by atoms with Gasteiger partial charge in [0, 0.05) is 5.82 Å². The molecule has 5 radical (unpaired) electrons. The molecule has 1 aliphatic carbocycles. The van der Waals surface area contributed by atoms with E-state index in [4.69, 9.17) is 28.3 Å². The summed E-state index contributed by atoms with van der Waals surface area (Å²) in [6, 6.07) is 10.0. The Morgan fingerprint density at radius 2 is 1.89 bits per heavy atom. The average Bonchev–Trinajstić information content (AvgIpc) is 3.35. The standard InChI is InChI=1S/C21H24BO6/c1-20(2)26-19-18-17(13-24-22(27-18)16-10-6-7-11-16)25-21(19,28-20)14-23-12-15-8-4-3-5-9-15/h3-11,17-19H,12-14H2,1-2H3/t17-,18+,19-,21-/m0/s1. The predicted octanol–water partition coefficient (Wildman–Crippen LogP) is 2.30. The molecule has 147 valence electrons. The van der Waals surface area contributed by atoms with E-state index in [2.05, 4.69) is 0 Å². The molecule has 4 aliphatic rings. The van der Waals surface area contributed by atoms with Crippen molar-refractivity contribution in [1.29, 1.82) is 0 Å². The molecule has 3 heterocycles. The van der Waals surface area contributed by atoms with E-state index in [1.54, 1.807) is 0 Å². The molecule has 28 heavy (non-hydrogen) atoms. The van der Waals surface area contributed by atoms with Gasteiger partial charge in [0.05, 0.1) is 13.2 Å². The van der Waals surface area contributed by atoms with Crippen molar-refractivity contribution >= 4 is 7.12 Å². The summed E-state index contributed by atoms with van der Waals surface area (Å²) in [5.41, 5.74) is 1.10. The van der Waals surface area contributed by atoms with Crippen LogP contribution in [0.4, 0.5) is 0 Å². The molecule has 5 rings (SSSR count). The number of fused-ring (bicyclic) bond motifs is 3. The van der Waals surface area contributed by atoms with Gasteiger partial charge in [-0.2, -0.15) is 0 Å². The van der Waals surface area contributed by atoms with Gasteiger partial charge in [-0.15, -0.1) is 0 Å². The Kier molecular flexibility index (Phi) is 5.02. The maximum atomic E-state index is 6.29. The Morgan fingerprint density at radius 1 is 1.11 bits per heavy atom. The zero-order valence-electron chi connectivity index (χ0n) is 16.1. The first kappa shape index (κ1) is 19.0. The van der Waals surface area contributed by atoms with Crippen LogP contribution in [0.2, 0.25) is 0 Å². The van der Waals surface area contributed by atoms with Gasteiger partial charge in [0.15, 0.2) is 5.79 Å². The van der Waals surface area contributed by atoms with Crippen molar-refractivity contribution in [2.24, 2.45) is 0 Å². The van der Waals surface area contributed by atoms with Gasteiger partial charge in [0.1, 0.15) is 24.9 Å². The lowest BCUT2D eigenvalue weighted by molar-refractivity contribution is -0.283. The highest BCUT2D eigenvalue weighted by molar-refractivity contribution is 6.53. The first-order valence-electron chi connectivity index (χ1n) is 9.71. The summed E-state index contributed by atoms with van der Waals surface area (Å²) < 4.78 is 36.8. The minimum Gasteiger partial charge on any atom is -0.408 e. The van der Waals surface area contributed by atoms with Crippen LogP contribution in [0.5, 0.6) is 0 Å². The van der Waals surface area contributed by atoms with E-state index < -0.39 is 18.7 Å². The number of hydrogen-bond donors (Lipinski definition) is 0. The van der Waals surface area contributed by atoms with E-state index in [1.807, 2.05) is 69.9 Å². The summed E-state index contributed by atoms with van der Waals surface area (Å²) in [4.78, 5) is 0. The van der Waals surface area contributed by atoms with Crippen LogP contribution in [-0.4, -0.2) is 50.2 Å². The zero-order chi connectivity index (χ0) is 19.2. The molecule has 0 amide bonds. The van der Waals surface area contributed by atoms with E-state index in [-0.39, 0.29) is 24.9 Å². The van der Waals surface area contributed by atoms with Gasteiger partial charge < -0.3 is 28.3 Å². The quantitative estimate of drug-likeness (QED) is 0.728. The Hall–Kier alpha value is -0.955. The average molecular weight is 383 g/mol. The Balaban J connectivity index is 1.29. The fourth-order valence-electron chi connectivity index (χ4n) is 4.22. The van der Waals surface area contributed by atoms with Crippen molar-refractivity contribution in [3.63, 3.8) is 0 Å². The first-order valence-corrected chi connectivity index (χ1v) is 9.71. The van der Waals surface area contributed by atoms with E-state index in [0.717, 1.165) is 11.4 Å². The fourth-order valence-corrected chi connectivity index (χ4v) is 4.22. The Morgan fingerprint density at radius 3 is 2.68 bits per heavy atom. The van der Waals surface area contributed by atoms with Crippen LogP contribution >= 0.6 is 0 Å². The molecular weight excluding hydrogens is 359 g/mol. The van der Waals surface area contributed by atoms with Gasteiger partial charge in [0.25, 0.3) is 0 Å². The molecule has 7 heteroatoms. The molecule has 1 saturated carbocycles. The second-order valence-corrected chi connectivity index (χ2v) is 7.97. The van der Waals surface area contributed by atoms with Crippen molar-refractivity contribution < 1.29 is 28.3 Å². The van der Waals surface area contributed by atoms with Crippen molar-refractivity contribution in [3.05, 3.63) is 67.4 Å². The molecular formula is C21H24BO6. The molecule has 4 atom stereocenters. The van der Waals surface area contributed by atoms with E-state index >= 15 is 0 Å². The molecule has 3 aliphatic heterocycles. The number of benzene rings is 1. The largest absolute Gasteiger partial charge is 0.464 e. The van der Waals surface area contributed by atoms with Gasteiger partial charge in [-0.05, 0) is 45.1 Å². The lowest BCUT2D eigenvalue weighted by atomic mass is 9.69. The summed E-state index contributed by atoms with van der Waals surface area (Å²) >= 11 is 0. The van der Waals surface area contributed by atoms with Gasteiger partial charge in [0.2, 0.25) is 5.79 Å². The maximum absolute atomic E-state index is 6.29. The predicted molar refractivity (Wildman–Crippen MR) is 101 cm³/mol. The van der Waals surface area contributed by atoms with Gasteiger partial charge in [-0.25, -0.2) is 0 Å². The first-order chi connectivity index (χ1) is 13.5. The summed E-state index contributed by atoms with van der Waals surface area (Å²) in [5, 5.41) is 0. The van der Waals surface area contributed by atoms with Crippen LogP contribution in [0.25, 0.3) is 0 Å². The van der Waals surface area contributed by atoms with Crippen molar-refractivity contribution in [3.8, 4) is 0 Å². The zero-order valence-corrected chi connectivity index (χ0v) is 16.1. The molecule has 1 aromatic carbocycles. The van der Waals surface area contributed by atoms with Crippen LogP contribution in [0, 0.1) is 31.5 Å². The second kappa shape index (κ2) is 7.38. The van der Waals surface area contributed by atoms with Crippen LogP contribution in [0.15, 0.2) is 30.3 Å². The number of ether oxygens (including phenoxy) is 4. The van der Waals surface area contributed by atoms with Gasteiger partial charge >= 0.3 is 7.12 Å². The Labute approximate surface area is 166 Å². The Bertz CT molecular complexity index is 679. The number of hydrogen-bond acceptors (Lipinski definition) is 6. The molecule has 0 bridgehead atoms. The lowest BCUT2D eigenvalue weighted by Crippen LogP contribution is -2.51. The molecule has 3 saturated heterocycles. The maximum Gasteiger partial charge on any atom is 0.464 e. The van der Waals surface area contributed by atoms with E-state index in [0.29, 0.717) is 13.2 Å². The molecule has 4 fully saturated rings. The topological polar surface area (TPSA) is 55.4 Å². The summed E-state index contributed by atoms with van der Waals surface area (Å²) in [6.45, 7) is 4.93. The fraction of sp³-hybridized carbons (Fsp3) is 0.476. The van der Waals surface area contributed by atoms with Crippen molar-refractivity contribution in [2.45, 2.75) is 50.3 Å². The lowest BCUT2D eigenvalue weighted by Gasteiger charge is -2.34. The van der Waals surface area contributed by atoms with Crippen molar-refractivity contribution in [2.75, 3.05) is 13.2 Å². The highest BCUT2D eigenvalue weighted by Gasteiger charge is 2.67. The van der Waals surface area contributed by atoms with Crippen molar-refractivity contribution in [1.82, 2.24) is 0 Å². The molecule has 6 nitrogen and oxygen atoms in total. The monoisotopic (exact) mass is 383 g/mol. The number of rotatable bonds is 5. The van der Waals surface area contributed by atoms with E-state index in [9.17, 15) is 0 Å². The molecule has 0 aromatic heterocycles. The normalized spacial score (nSPS) is 37.2. The second-order valence-electron chi connectivity index (χ2n) is 7.97. The van der Waals surface area contributed by atoms with Crippen LogP contribution in [0.1, 0.15) is 19.4 Å². The summed E-state index contributed by atoms with van der Waals surface area (Å²) in [5.74, 6) is -0.782. The van der Waals surface area contributed by atoms with Gasteiger partial charge in [-0.1, -0.05) is 30.3 Å². The highest BCUT2D eigenvalue weighted by atomic mass is 16.9. The van der Waals surface area contributed by atoms with Crippen LogP contribution < -0.4 is 0 Å². The van der Waals surface area contributed by atoms with Crippen LogP contribution in [-0.2, 0) is 34.9 Å². The highest BCUT2D eigenvalue weighted by Crippen LogP contribution is 2.48. The molecule has 1 aromatic rings. The molecule has 0 spiro atoms. The minimum absolute atomic E-state index is 0.257. The summed E-state index contributed by atoms with van der Waals surface area (Å²) in [6.07, 6.45) is 7.01. The minimum atomic E-state index is -1.00. The third kappa shape index (κ3) is 3.53. The third-order valence-electron chi connectivity index (χ3n) is 5.35. The molecule has 0 unspecified atom stereocenters. The molecule has 0 N–H and O–H groups in total. The summed E-state index contributed by atoms with van der Waals surface area (Å²) in [7, 11) is -0.423.